The van der Waals surface area contributed by atoms with E-state index in [-0.39, 0.29) is 5.91 Å². The third-order valence-corrected chi connectivity index (χ3v) is 4.16. The molecule has 1 N–H and O–H groups in total. The summed E-state index contributed by atoms with van der Waals surface area (Å²) in [5.41, 5.74) is 4.83. The molecular weight excluding hydrogens is 376 g/mol. The molecule has 142 valence electrons. The second kappa shape index (κ2) is 9.58. The van der Waals surface area contributed by atoms with Crippen molar-refractivity contribution in [2.24, 2.45) is 5.10 Å². The molecule has 0 aliphatic heterocycles. The van der Waals surface area contributed by atoms with Gasteiger partial charge in [-0.1, -0.05) is 35.9 Å². The summed E-state index contributed by atoms with van der Waals surface area (Å²) in [4.78, 5) is 12.2. The molecule has 3 aromatic rings. The van der Waals surface area contributed by atoms with E-state index in [2.05, 4.69) is 10.5 Å². The van der Waals surface area contributed by atoms with Gasteiger partial charge in [-0.2, -0.15) is 5.10 Å². The minimum absolute atomic E-state index is 0.302. The third kappa shape index (κ3) is 5.59. The van der Waals surface area contributed by atoms with Crippen LogP contribution in [-0.2, 0) is 6.61 Å². The van der Waals surface area contributed by atoms with Crippen LogP contribution in [0.2, 0.25) is 5.02 Å². The molecule has 0 atom stereocenters. The van der Waals surface area contributed by atoms with Crippen molar-refractivity contribution in [2.45, 2.75) is 6.61 Å². The number of benzene rings is 3. The molecule has 3 rings (SSSR count). The van der Waals surface area contributed by atoms with Crippen molar-refractivity contribution >= 4 is 23.7 Å². The summed E-state index contributed by atoms with van der Waals surface area (Å²) in [7, 11) is 1.60. The van der Waals surface area contributed by atoms with Crippen LogP contribution in [0.4, 0.5) is 0 Å². The van der Waals surface area contributed by atoms with Gasteiger partial charge in [0.05, 0.1) is 13.3 Å². The SMILES string of the molecule is COc1cccc(/C=N\NC(=O)c2ccc(OCc3ccc(Cl)cc3)cc2)c1. The fraction of sp³-hybridized carbons (Fsp3) is 0.0909. The Bertz CT molecular complexity index is 954. The van der Waals surface area contributed by atoms with Gasteiger partial charge in [0.2, 0.25) is 0 Å². The van der Waals surface area contributed by atoms with Crippen molar-refractivity contribution in [3.63, 3.8) is 0 Å². The summed E-state index contributed by atoms with van der Waals surface area (Å²) in [6.45, 7) is 0.424. The van der Waals surface area contributed by atoms with Crippen LogP contribution >= 0.6 is 11.6 Å². The van der Waals surface area contributed by atoms with Crippen LogP contribution in [0.3, 0.4) is 0 Å². The molecule has 0 aliphatic rings. The minimum atomic E-state index is -0.302. The average molecular weight is 395 g/mol. The number of rotatable bonds is 7. The highest BCUT2D eigenvalue weighted by atomic mass is 35.5. The summed E-state index contributed by atoms with van der Waals surface area (Å²) in [5.74, 6) is 1.10. The molecule has 5 nitrogen and oxygen atoms in total. The van der Waals surface area contributed by atoms with Gasteiger partial charge >= 0.3 is 0 Å². The summed E-state index contributed by atoms with van der Waals surface area (Å²) in [6, 6.07) is 21.7. The van der Waals surface area contributed by atoms with E-state index in [1.165, 1.54) is 0 Å². The number of hydrazone groups is 1. The first-order valence-electron chi connectivity index (χ1n) is 8.59. The molecule has 0 bridgehead atoms. The molecule has 0 aliphatic carbocycles. The second-order valence-corrected chi connectivity index (χ2v) is 6.35. The van der Waals surface area contributed by atoms with E-state index in [0.29, 0.717) is 22.9 Å². The van der Waals surface area contributed by atoms with Gasteiger partial charge in [-0.3, -0.25) is 4.79 Å². The first kappa shape index (κ1) is 19.5. The molecule has 0 saturated heterocycles. The maximum Gasteiger partial charge on any atom is 0.271 e. The number of nitrogens with one attached hydrogen (secondary N) is 1. The monoisotopic (exact) mass is 394 g/mol. The van der Waals surface area contributed by atoms with Gasteiger partial charge in [-0.05, 0) is 59.7 Å². The highest BCUT2D eigenvalue weighted by Crippen LogP contribution is 2.16. The molecular formula is C22H19ClN2O3. The minimum Gasteiger partial charge on any atom is -0.497 e. The molecule has 0 fully saturated rings. The Morgan fingerprint density at radius 3 is 2.50 bits per heavy atom. The van der Waals surface area contributed by atoms with Gasteiger partial charge in [0.15, 0.2) is 0 Å². The zero-order valence-electron chi connectivity index (χ0n) is 15.3. The summed E-state index contributed by atoms with van der Waals surface area (Å²) < 4.78 is 10.9. The zero-order valence-corrected chi connectivity index (χ0v) is 16.0. The molecule has 3 aromatic carbocycles. The fourth-order valence-electron chi connectivity index (χ4n) is 2.40. The van der Waals surface area contributed by atoms with E-state index in [4.69, 9.17) is 21.1 Å². The zero-order chi connectivity index (χ0) is 19.8. The van der Waals surface area contributed by atoms with E-state index < -0.39 is 0 Å². The maximum atomic E-state index is 12.2. The number of amides is 1. The molecule has 0 radical (unpaired) electrons. The van der Waals surface area contributed by atoms with E-state index >= 15 is 0 Å². The van der Waals surface area contributed by atoms with Gasteiger partial charge in [0.25, 0.3) is 5.91 Å². The lowest BCUT2D eigenvalue weighted by Gasteiger charge is -2.07. The Morgan fingerprint density at radius 1 is 1.04 bits per heavy atom. The van der Waals surface area contributed by atoms with Crippen LogP contribution in [0, 0.1) is 0 Å². The highest BCUT2D eigenvalue weighted by molar-refractivity contribution is 6.30. The van der Waals surface area contributed by atoms with Crippen molar-refractivity contribution in [3.05, 3.63) is 94.5 Å². The summed E-state index contributed by atoms with van der Waals surface area (Å²) >= 11 is 5.87. The molecule has 0 saturated carbocycles. The molecule has 1 amide bonds. The Labute approximate surface area is 168 Å². The molecule has 6 heteroatoms. The Hall–Kier alpha value is -3.31. The number of hydrogen-bond acceptors (Lipinski definition) is 4. The summed E-state index contributed by atoms with van der Waals surface area (Å²) in [5, 5.41) is 4.66. The first-order chi connectivity index (χ1) is 13.6. The van der Waals surface area contributed by atoms with Crippen LogP contribution in [0.25, 0.3) is 0 Å². The lowest BCUT2D eigenvalue weighted by Crippen LogP contribution is -2.17. The maximum absolute atomic E-state index is 12.2. The van der Waals surface area contributed by atoms with Gasteiger partial charge in [-0.25, -0.2) is 5.43 Å². The van der Waals surface area contributed by atoms with Crippen LogP contribution in [0.1, 0.15) is 21.5 Å². The van der Waals surface area contributed by atoms with E-state index in [9.17, 15) is 4.79 Å². The van der Waals surface area contributed by atoms with Crippen molar-refractivity contribution < 1.29 is 14.3 Å². The normalized spacial score (nSPS) is 10.6. The van der Waals surface area contributed by atoms with Crippen molar-refractivity contribution in [3.8, 4) is 11.5 Å². The number of halogens is 1. The van der Waals surface area contributed by atoms with E-state index in [1.807, 2.05) is 48.5 Å². The van der Waals surface area contributed by atoms with Gasteiger partial charge < -0.3 is 9.47 Å². The Kier molecular flexibility index (Phi) is 6.65. The second-order valence-electron chi connectivity index (χ2n) is 5.92. The van der Waals surface area contributed by atoms with Gasteiger partial charge in [-0.15, -0.1) is 0 Å². The van der Waals surface area contributed by atoms with Crippen molar-refractivity contribution in [1.29, 1.82) is 0 Å². The number of carbonyl (C=O) groups excluding carboxylic acids is 1. The quantitative estimate of drug-likeness (QED) is 0.467. The van der Waals surface area contributed by atoms with E-state index in [0.717, 1.165) is 16.9 Å². The number of nitrogens with zero attached hydrogens (tertiary/aromatic N) is 1. The first-order valence-corrected chi connectivity index (χ1v) is 8.96. The Morgan fingerprint density at radius 2 is 1.79 bits per heavy atom. The number of hydrogen-bond donors (Lipinski definition) is 1. The predicted molar refractivity (Wildman–Crippen MR) is 110 cm³/mol. The lowest BCUT2D eigenvalue weighted by molar-refractivity contribution is 0.0955. The molecule has 28 heavy (non-hydrogen) atoms. The molecule has 0 heterocycles. The average Bonchev–Trinajstić information content (AvgIpc) is 2.74. The predicted octanol–water partition coefficient (Wildman–Crippen LogP) is 4.69. The molecule has 0 spiro atoms. The van der Waals surface area contributed by atoms with Gasteiger partial charge in [0.1, 0.15) is 18.1 Å². The number of methoxy groups -OCH3 is 1. The number of ether oxygens (including phenoxy) is 2. The standard InChI is InChI=1S/C22H19ClN2O3/c1-27-21-4-2-3-17(13-21)14-24-25-22(26)18-7-11-20(12-8-18)28-15-16-5-9-19(23)10-6-16/h2-14H,15H2,1H3,(H,25,26)/b24-14-. The summed E-state index contributed by atoms with van der Waals surface area (Å²) in [6.07, 6.45) is 1.56. The van der Waals surface area contributed by atoms with Crippen LogP contribution in [0.5, 0.6) is 11.5 Å². The lowest BCUT2D eigenvalue weighted by atomic mass is 10.2. The van der Waals surface area contributed by atoms with Crippen molar-refractivity contribution in [1.82, 2.24) is 5.43 Å². The third-order valence-electron chi connectivity index (χ3n) is 3.91. The fourth-order valence-corrected chi connectivity index (χ4v) is 2.53. The Balaban J connectivity index is 1.52. The topological polar surface area (TPSA) is 59.9 Å². The highest BCUT2D eigenvalue weighted by Gasteiger charge is 2.05. The van der Waals surface area contributed by atoms with Crippen LogP contribution in [0.15, 0.2) is 77.9 Å². The van der Waals surface area contributed by atoms with Crippen LogP contribution in [-0.4, -0.2) is 19.2 Å². The van der Waals surface area contributed by atoms with Crippen LogP contribution < -0.4 is 14.9 Å². The smallest absolute Gasteiger partial charge is 0.271 e. The molecule has 0 aromatic heterocycles. The largest absolute Gasteiger partial charge is 0.497 e. The van der Waals surface area contributed by atoms with Gasteiger partial charge in [0, 0.05) is 10.6 Å². The van der Waals surface area contributed by atoms with Crippen molar-refractivity contribution in [2.75, 3.05) is 7.11 Å². The molecule has 0 unspecified atom stereocenters. The van der Waals surface area contributed by atoms with E-state index in [1.54, 1.807) is 37.6 Å². The number of carbonyl (C=O) groups is 1.